The summed E-state index contributed by atoms with van der Waals surface area (Å²) in [6.07, 6.45) is 5.88. The van der Waals surface area contributed by atoms with Gasteiger partial charge >= 0.3 is 0 Å². The van der Waals surface area contributed by atoms with Gasteiger partial charge in [0.15, 0.2) is 0 Å². The number of rotatable bonds is 3. The van der Waals surface area contributed by atoms with E-state index >= 15 is 0 Å². The zero-order valence-electron chi connectivity index (χ0n) is 14.8. The average Bonchev–Trinajstić information content (AvgIpc) is 3.30. The maximum atomic E-state index is 13.0. The number of aromatic amines is 1. The zero-order chi connectivity index (χ0) is 18.3. The molecule has 1 saturated heterocycles. The van der Waals surface area contributed by atoms with E-state index in [-0.39, 0.29) is 29.2 Å². The fourth-order valence-electron chi connectivity index (χ4n) is 3.42. The number of carbonyl (C=O) groups is 1. The molecule has 0 saturated carbocycles. The van der Waals surface area contributed by atoms with Crippen LogP contribution >= 0.6 is 0 Å². The van der Waals surface area contributed by atoms with Crippen molar-refractivity contribution in [2.75, 3.05) is 6.54 Å². The smallest absolute Gasteiger partial charge is 0.293 e. The summed E-state index contributed by atoms with van der Waals surface area (Å²) in [6, 6.07) is 3.04. The molecule has 8 nitrogen and oxygen atoms in total. The van der Waals surface area contributed by atoms with Crippen molar-refractivity contribution in [3.8, 4) is 0 Å². The van der Waals surface area contributed by atoms with Gasteiger partial charge in [-0.1, -0.05) is 19.0 Å². The molecule has 3 aromatic rings. The van der Waals surface area contributed by atoms with Crippen molar-refractivity contribution in [2.45, 2.75) is 45.1 Å². The summed E-state index contributed by atoms with van der Waals surface area (Å²) in [4.78, 5) is 34.4. The van der Waals surface area contributed by atoms with Crippen LogP contribution in [0.15, 0.2) is 33.8 Å². The molecule has 0 spiro atoms. The van der Waals surface area contributed by atoms with Gasteiger partial charge in [-0.3, -0.25) is 14.0 Å². The maximum absolute atomic E-state index is 13.0. The lowest BCUT2D eigenvalue weighted by Gasteiger charge is -2.35. The van der Waals surface area contributed by atoms with Gasteiger partial charge in [-0.2, -0.15) is 0 Å². The normalized spacial score (nSPS) is 18.0. The summed E-state index contributed by atoms with van der Waals surface area (Å²) in [6.45, 7) is 4.61. The highest BCUT2D eigenvalue weighted by Gasteiger charge is 2.32. The first-order valence-corrected chi connectivity index (χ1v) is 8.88. The molecule has 4 heterocycles. The van der Waals surface area contributed by atoms with E-state index in [4.69, 9.17) is 4.52 Å². The first-order chi connectivity index (χ1) is 12.5. The molecule has 0 radical (unpaired) electrons. The third-order valence-corrected chi connectivity index (χ3v) is 4.87. The lowest BCUT2D eigenvalue weighted by molar-refractivity contribution is 0.0563. The standard InChI is InChI=1S/C18H21N5O3/c1-11(2)12-9-15(26-21-12)17(25)22-7-4-3-5-14(22)13-10-16(24)23-8-6-19-18(23)20-13/h6,8-11,14H,3-5,7H2,1-2H3,(H,19,20)/t14-/m0/s1. The van der Waals surface area contributed by atoms with Crippen LogP contribution < -0.4 is 5.56 Å². The minimum atomic E-state index is -0.210. The number of nitrogens with one attached hydrogen (secondary N) is 1. The Balaban J connectivity index is 1.69. The van der Waals surface area contributed by atoms with Crippen molar-refractivity contribution < 1.29 is 9.32 Å². The third-order valence-electron chi connectivity index (χ3n) is 4.87. The van der Waals surface area contributed by atoms with Gasteiger partial charge in [0, 0.05) is 36.8 Å². The molecule has 1 amide bonds. The maximum Gasteiger partial charge on any atom is 0.293 e. The molecule has 8 heteroatoms. The molecule has 3 aromatic heterocycles. The van der Waals surface area contributed by atoms with Crippen molar-refractivity contribution in [3.05, 3.63) is 52.0 Å². The molecule has 26 heavy (non-hydrogen) atoms. The van der Waals surface area contributed by atoms with Gasteiger partial charge in [-0.15, -0.1) is 0 Å². The Morgan fingerprint density at radius 1 is 1.35 bits per heavy atom. The molecule has 1 N–H and O–H groups in total. The van der Waals surface area contributed by atoms with E-state index in [0.717, 1.165) is 25.0 Å². The van der Waals surface area contributed by atoms with Crippen LogP contribution in [-0.2, 0) is 0 Å². The van der Waals surface area contributed by atoms with E-state index in [1.165, 1.54) is 4.40 Å². The van der Waals surface area contributed by atoms with Gasteiger partial charge in [0.05, 0.1) is 11.7 Å². The highest BCUT2D eigenvalue weighted by Crippen LogP contribution is 2.31. The summed E-state index contributed by atoms with van der Waals surface area (Å²) < 4.78 is 6.73. The van der Waals surface area contributed by atoms with Crippen molar-refractivity contribution in [1.29, 1.82) is 0 Å². The monoisotopic (exact) mass is 355 g/mol. The Hall–Kier alpha value is -2.90. The fourth-order valence-corrected chi connectivity index (χ4v) is 3.42. The highest BCUT2D eigenvalue weighted by molar-refractivity contribution is 5.91. The summed E-state index contributed by atoms with van der Waals surface area (Å²) in [7, 11) is 0. The number of amides is 1. The molecule has 1 aliphatic heterocycles. The topological polar surface area (TPSA) is 96.5 Å². The molecule has 0 unspecified atom stereocenters. The number of hydrogen-bond donors (Lipinski definition) is 1. The number of fused-ring (bicyclic) bond motifs is 1. The van der Waals surface area contributed by atoms with Gasteiger partial charge in [0.25, 0.3) is 11.5 Å². The van der Waals surface area contributed by atoms with E-state index in [1.807, 2.05) is 13.8 Å². The predicted octanol–water partition coefficient (Wildman–Crippen LogP) is 2.50. The van der Waals surface area contributed by atoms with E-state index < -0.39 is 0 Å². The van der Waals surface area contributed by atoms with Crippen LogP contribution in [0.3, 0.4) is 0 Å². The minimum absolute atomic E-state index is 0.161. The Bertz CT molecular complexity index is 1000. The van der Waals surface area contributed by atoms with E-state index in [0.29, 0.717) is 18.0 Å². The number of likely N-dealkylation sites (tertiary alicyclic amines) is 1. The van der Waals surface area contributed by atoms with Crippen molar-refractivity contribution in [2.24, 2.45) is 0 Å². The van der Waals surface area contributed by atoms with Gasteiger partial charge in [-0.25, -0.2) is 4.98 Å². The zero-order valence-corrected chi connectivity index (χ0v) is 14.8. The first-order valence-electron chi connectivity index (χ1n) is 8.88. The molecule has 4 rings (SSSR count). The molecule has 136 valence electrons. The second kappa shape index (κ2) is 6.44. The van der Waals surface area contributed by atoms with Crippen LogP contribution in [0.1, 0.15) is 67.0 Å². The van der Waals surface area contributed by atoms with Crippen LogP contribution in [0.4, 0.5) is 0 Å². The Kier molecular flexibility index (Phi) is 4.10. The minimum Gasteiger partial charge on any atom is -0.351 e. The van der Waals surface area contributed by atoms with Crippen LogP contribution in [0.25, 0.3) is 5.78 Å². The molecule has 0 aromatic carbocycles. The predicted molar refractivity (Wildman–Crippen MR) is 94.0 cm³/mol. The van der Waals surface area contributed by atoms with Crippen molar-refractivity contribution in [3.63, 3.8) is 0 Å². The van der Waals surface area contributed by atoms with Gasteiger partial charge in [0.2, 0.25) is 11.5 Å². The second-order valence-corrected chi connectivity index (χ2v) is 6.96. The molecule has 0 bridgehead atoms. The van der Waals surface area contributed by atoms with Crippen LogP contribution in [0.2, 0.25) is 0 Å². The average molecular weight is 355 g/mol. The molecule has 1 fully saturated rings. The molecule has 1 aliphatic rings. The van der Waals surface area contributed by atoms with E-state index in [2.05, 4.69) is 15.1 Å². The number of H-pyrrole nitrogens is 1. The van der Waals surface area contributed by atoms with Gasteiger partial charge < -0.3 is 14.4 Å². The van der Waals surface area contributed by atoms with Crippen molar-refractivity contribution in [1.82, 2.24) is 24.4 Å². The number of aromatic nitrogens is 4. The Morgan fingerprint density at radius 3 is 2.96 bits per heavy atom. The molecular formula is C18H21N5O3. The summed E-state index contributed by atoms with van der Waals surface area (Å²) in [5.74, 6) is 0.715. The summed E-state index contributed by atoms with van der Waals surface area (Å²) in [5, 5.41) is 3.98. The van der Waals surface area contributed by atoms with Gasteiger partial charge in [0.1, 0.15) is 0 Å². The SMILES string of the molecule is CC(C)c1cc(C(=O)N2CCCC[C@H]2c2cc(=O)n3ccnc3[nH]2)on1. The van der Waals surface area contributed by atoms with Crippen molar-refractivity contribution >= 4 is 11.7 Å². The second-order valence-electron chi connectivity index (χ2n) is 6.96. The highest BCUT2D eigenvalue weighted by atomic mass is 16.5. The lowest BCUT2D eigenvalue weighted by Crippen LogP contribution is -2.39. The Labute approximate surface area is 149 Å². The molecule has 0 aliphatic carbocycles. The van der Waals surface area contributed by atoms with Crippen LogP contribution in [0, 0.1) is 0 Å². The van der Waals surface area contributed by atoms with Gasteiger partial charge in [-0.05, 0) is 25.2 Å². The fraction of sp³-hybridized carbons (Fsp3) is 0.444. The molecule has 1 atom stereocenters. The quantitative estimate of drug-likeness (QED) is 0.779. The van der Waals surface area contributed by atoms with Crippen LogP contribution in [0.5, 0.6) is 0 Å². The summed E-state index contributed by atoms with van der Waals surface area (Å²) >= 11 is 0. The number of nitrogens with zero attached hydrogens (tertiary/aromatic N) is 4. The van der Waals surface area contributed by atoms with Crippen LogP contribution in [-0.4, -0.2) is 36.9 Å². The lowest BCUT2D eigenvalue weighted by atomic mass is 9.98. The van der Waals surface area contributed by atoms with E-state index in [1.54, 1.807) is 29.4 Å². The molecular weight excluding hydrogens is 334 g/mol. The largest absolute Gasteiger partial charge is 0.351 e. The first kappa shape index (κ1) is 16.6. The number of carbonyl (C=O) groups excluding carboxylic acids is 1. The third kappa shape index (κ3) is 2.81. The number of imidazole rings is 1. The number of piperidine rings is 1. The summed E-state index contributed by atoms with van der Waals surface area (Å²) in [5.41, 5.74) is 1.30. The van der Waals surface area contributed by atoms with E-state index in [9.17, 15) is 9.59 Å². The number of hydrogen-bond acceptors (Lipinski definition) is 5. The Morgan fingerprint density at radius 2 is 2.19 bits per heavy atom.